The maximum atomic E-state index is 8.60. The molecule has 0 rings (SSSR count). The molecule has 0 bridgehead atoms. The van der Waals surface area contributed by atoms with Gasteiger partial charge in [-0.1, -0.05) is 84.0 Å². The fraction of sp³-hybridized carbons (Fsp3) is 1.00. The maximum Gasteiger partial charge on any atom is 0.0701 e. The predicted molar refractivity (Wildman–Crippen MR) is 224 cm³/mol. The van der Waals surface area contributed by atoms with Crippen LogP contribution < -0.4 is 0 Å². The van der Waals surface area contributed by atoms with Crippen molar-refractivity contribution in [2.45, 2.75) is 90.4 Å². The fourth-order valence-electron chi connectivity index (χ4n) is 5.25. The molecule has 0 saturated heterocycles. The summed E-state index contributed by atoms with van der Waals surface area (Å²) >= 11 is 0. The standard InChI is InChI=1S/C43H88O15/c1-2-3-4-5-6-7-8-9-10-11-12-13-14-16-45-18-20-47-22-24-49-26-28-51-30-32-53-34-36-55-38-40-57-42-43-58-41-39-56-37-35-54-33-31-52-29-27-50-25-23-48-21-19-46-17-15-44/h44H,2-43H2,1H3. The van der Waals surface area contributed by atoms with Gasteiger partial charge in [0.1, 0.15) is 0 Å². The van der Waals surface area contributed by atoms with Crippen molar-refractivity contribution < 1.29 is 71.4 Å². The molecule has 0 fully saturated rings. The van der Waals surface area contributed by atoms with E-state index in [2.05, 4.69) is 6.92 Å². The van der Waals surface area contributed by atoms with Gasteiger partial charge in [-0.2, -0.15) is 0 Å². The van der Waals surface area contributed by atoms with Crippen LogP contribution in [0.25, 0.3) is 0 Å². The summed E-state index contributed by atoms with van der Waals surface area (Å²) in [5.74, 6) is 0. The number of hydrogen-bond donors (Lipinski definition) is 1. The molecule has 0 aliphatic rings. The average molecular weight is 845 g/mol. The lowest BCUT2D eigenvalue weighted by atomic mass is 10.0. The Morgan fingerprint density at radius 2 is 0.345 bits per heavy atom. The second-order valence-electron chi connectivity index (χ2n) is 13.5. The van der Waals surface area contributed by atoms with Gasteiger partial charge in [0.2, 0.25) is 0 Å². The summed E-state index contributed by atoms with van der Waals surface area (Å²) in [5.41, 5.74) is 0. The molecular formula is C43H88O15. The van der Waals surface area contributed by atoms with Crippen LogP contribution in [-0.4, -0.2) is 197 Å². The highest BCUT2D eigenvalue weighted by Crippen LogP contribution is 2.12. The number of hydrogen-bond acceptors (Lipinski definition) is 15. The molecule has 350 valence electrons. The Labute approximate surface area is 352 Å². The molecule has 0 aliphatic carbocycles. The van der Waals surface area contributed by atoms with Crippen LogP contribution in [-0.2, 0) is 66.3 Å². The van der Waals surface area contributed by atoms with E-state index >= 15 is 0 Å². The third kappa shape index (κ3) is 55.4. The molecule has 0 radical (unpaired) electrons. The second kappa shape index (κ2) is 56.4. The summed E-state index contributed by atoms with van der Waals surface area (Å²) in [6.07, 6.45) is 17.8. The second-order valence-corrected chi connectivity index (χ2v) is 13.5. The third-order valence-electron chi connectivity index (χ3n) is 8.46. The van der Waals surface area contributed by atoms with Crippen molar-refractivity contribution in [1.29, 1.82) is 0 Å². The number of aliphatic hydroxyl groups is 1. The number of unbranched alkanes of at least 4 members (excludes halogenated alkanes) is 12. The van der Waals surface area contributed by atoms with Gasteiger partial charge >= 0.3 is 0 Å². The van der Waals surface area contributed by atoms with E-state index in [0.717, 1.165) is 13.0 Å². The van der Waals surface area contributed by atoms with E-state index in [1.807, 2.05) is 0 Å². The maximum absolute atomic E-state index is 8.60. The Bertz CT molecular complexity index is 642. The molecule has 0 aliphatic heterocycles. The number of ether oxygens (including phenoxy) is 14. The van der Waals surface area contributed by atoms with E-state index in [1.165, 1.54) is 77.0 Å². The van der Waals surface area contributed by atoms with Gasteiger partial charge in [-0.25, -0.2) is 0 Å². The van der Waals surface area contributed by atoms with E-state index in [9.17, 15) is 0 Å². The first-order valence-electron chi connectivity index (χ1n) is 22.6. The Kier molecular flexibility index (Phi) is 55.8. The van der Waals surface area contributed by atoms with Crippen molar-refractivity contribution in [1.82, 2.24) is 0 Å². The Balaban J connectivity index is 3.05. The Morgan fingerprint density at radius 3 is 0.534 bits per heavy atom. The van der Waals surface area contributed by atoms with Crippen LogP contribution >= 0.6 is 0 Å². The van der Waals surface area contributed by atoms with Gasteiger partial charge in [-0.3, -0.25) is 0 Å². The van der Waals surface area contributed by atoms with Gasteiger partial charge in [0.25, 0.3) is 0 Å². The first-order valence-corrected chi connectivity index (χ1v) is 22.6. The monoisotopic (exact) mass is 845 g/mol. The summed E-state index contributed by atoms with van der Waals surface area (Å²) in [7, 11) is 0. The summed E-state index contributed by atoms with van der Waals surface area (Å²) in [4.78, 5) is 0. The van der Waals surface area contributed by atoms with Crippen LogP contribution in [0.1, 0.15) is 90.4 Å². The molecule has 0 spiro atoms. The molecule has 0 aromatic carbocycles. The molecule has 1 N–H and O–H groups in total. The lowest BCUT2D eigenvalue weighted by Crippen LogP contribution is -2.15. The average Bonchev–Trinajstić information content (AvgIpc) is 3.23. The third-order valence-corrected chi connectivity index (χ3v) is 8.46. The van der Waals surface area contributed by atoms with Gasteiger partial charge in [0.15, 0.2) is 0 Å². The van der Waals surface area contributed by atoms with E-state index in [4.69, 9.17) is 71.4 Å². The zero-order valence-corrected chi connectivity index (χ0v) is 36.9. The molecule has 0 aromatic rings. The van der Waals surface area contributed by atoms with Crippen molar-refractivity contribution in [3.8, 4) is 0 Å². The quantitative estimate of drug-likeness (QED) is 0.0789. The summed E-state index contributed by atoms with van der Waals surface area (Å²) in [6, 6.07) is 0. The topological polar surface area (TPSA) is 149 Å². The van der Waals surface area contributed by atoms with Crippen LogP contribution in [0.5, 0.6) is 0 Å². The molecule has 0 saturated carbocycles. The van der Waals surface area contributed by atoms with Gasteiger partial charge in [-0.05, 0) is 6.42 Å². The lowest BCUT2D eigenvalue weighted by molar-refractivity contribution is -0.0297. The zero-order valence-electron chi connectivity index (χ0n) is 36.9. The Morgan fingerprint density at radius 1 is 0.190 bits per heavy atom. The molecule has 15 nitrogen and oxygen atoms in total. The van der Waals surface area contributed by atoms with Crippen molar-refractivity contribution >= 4 is 0 Å². The van der Waals surface area contributed by atoms with Crippen molar-refractivity contribution in [2.75, 3.05) is 192 Å². The van der Waals surface area contributed by atoms with E-state index < -0.39 is 0 Å². The number of aliphatic hydroxyl groups excluding tert-OH is 1. The van der Waals surface area contributed by atoms with Crippen LogP contribution in [0, 0.1) is 0 Å². The smallest absolute Gasteiger partial charge is 0.0701 e. The first kappa shape index (κ1) is 57.4. The normalized spacial score (nSPS) is 11.7. The van der Waals surface area contributed by atoms with E-state index in [-0.39, 0.29) is 6.61 Å². The van der Waals surface area contributed by atoms with Crippen molar-refractivity contribution in [3.05, 3.63) is 0 Å². The fourth-order valence-corrected chi connectivity index (χ4v) is 5.25. The first-order chi connectivity index (χ1) is 28.9. The van der Waals surface area contributed by atoms with Crippen LogP contribution in [0.4, 0.5) is 0 Å². The van der Waals surface area contributed by atoms with Gasteiger partial charge in [-0.15, -0.1) is 0 Å². The van der Waals surface area contributed by atoms with Crippen molar-refractivity contribution in [3.63, 3.8) is 0 Å². The molecule has 0 unspecified atom stereocenters. The summed E-state index contributed by atoms with van der Waals surface area (Å²) < 4.78 is 76.6. The van der Waals surface area contributed by atoms with Crippen molar-refractivity contribution in [2.24, 2.45) is 0 Å². The SMILES string of the molecule is CCCCCCCCCCCCCCCOCCOCCOCCOCCOCCOCCOCCOCCOCCOCCOCCOCCOCCOCCO. The van der Waals surface area contributed by atoms with Gasteiger partial charge in [0, 0.05) is 6.61 Å². The predicted octanol–water partition coefficient (Wildman–Crippen LogP) is 5.30. The highest BCUT2D eigenvalue weighted by atomic mass is 16.6. The van der Waals surface area contributed by atoms with E-state index in [1.54, 1.807) is 0 Å². The Hall–Kier alpha value is -0.600. The molecule has 0 heterocycles. The van der Waals surface area contributed by atoms with E-state index in [0.29, 0.717) is 178 Å². The molecular weight excluding hydrogens is 756 g/mol. The highest BCUT2D eigenvalue weighted by Gasteiger charge is 1.98. The van der Waals surface area contributed by atoms with Gasteiger partial charge < -0.3 is 71.4 Å². The largest absolute Gasteiger partial charge is 0.394 e. The number of rotatable bonds is 55. The van der Waals surface area contributed by atoms with Crippen LogP contribution in [0.15, 0.2) is 0 Å². The highest BCUT2D eigenvalue weighted by molar-refractivity contribution is 4.49. The molecule has 58 heavy (non-hydrogen) atoms. The molecule has 0 aromatic heterocycles. The summed E-state index contributed by atoms with van der Waals surface area (Å²) in [6.45, 7) is 17.0. The minimum absolute atomic E-state index is 0.0246. The molecule has 0 amide bonds. The minimum Gasteiger partial charge on any atom is -0.394 e. The zero-order chi connectivity index (χ0) is 41.6. The van der Waals surface area contributed by atoms with Crippen LogP contribution in [0.2, 0.25) is 0 Å². The molecule has 0 atom stereocenters. The lowest BCUT2D eigenvalue weighted by Gasteiger charge is -2.09. The van der Waals surface area contributed by atoms with Crippen LogP contribution in [0.3, 0.4) is 0 Å². The van der Waals surface area contributed by atoms with Gasteiger partial charge in [0.05, 0.1) is 185 Å². The minimum atomic E-state index is 0.0246. The molecule has 15 heteroatoms. The summed E-state index contributed by atoms with van der Waals surface area (Å²) in [5, 5.41) is 8.60.